The van der Waals surface area contributed by atoms with Crippen molar-refractivity contribution in [3.8, 4) is 0 Å². The number of ether oxygens (including phenoxy) is 3. The Labute approximate surface area is 111 Å². The maximum atomic E-state index is 11.1. The Kier molecular flexibility index (Phi) is 4.44. The third-order valence-electron chi connectivity index (χ3n) is 2.94. The highest BCUT2D eigenvalue weighted by Gasteiger charge is 2.51. The van der Waals surface area contributed by atoms with Crippen molar-refractivity contribution in [3.05, 3.63) is 0 Å². The molecule has 0 aromatic heterocycles. The van der Waals surface area contributed by atoms with Gasteiger partial charge in [0.15, 0.2) is 6.10 Å². The summed E-state index contributed by atoms with van der Waals surface area (Å²) < 4.78 is 26.9. The minimum absolute atomic E-state index is 0.187. The lowest BCUT2D eigenvalue weighted by atomic mass is 9.81. The highest BCUT2D eigenvalue weighted by molar-refractivity contribution is 6.44. The number of fused-ring (bicyclic) bond motifs is 2. The molecule has 2 bridgehead atoms. The molecule has 2 saturated heterocycles. The third kappa shape index (κ3) is 3.26. The quantitative estimate of drug-likeness (QED) is 0.533. The summed E-state index contributed by atoms with van der Waals surface area (Å²) in [5.74, 6) is -0.918. The van der Waals surface area contributed by atoms with Crippen LogP contribution in [0.15, 0.2) is 0 Å². The summed E-state index contributed by atoms with van der Waals surface area (Å²) in [5.41, 5.74) is 0. The van der Waals surface area contributed by atoms with Gasteiger partial charge in [0.1, 0.15) is 12.2 Å². The fraction of sp³-hybridized carbons (Fsp3) is 0.818. The molecule has 0 radical (unpaired) electrons. The molecule has 0 N–H and O–H groups in total. The molecule has 2 aliphatic rings. The predicted molar refractivity (Wildman–Crippen MR) is 63.0 cm³/mol. The summed E-state index contributed by atoms with van der Waals surface area (Å²) in [6, 6.07) is 0. The van der Waals surface area contributed by atoms with Crippen molar-refractivity contribution >= 4 is 19.1 Å². The van der Waals surface area contributed by atoms with Crippen LogP contribution in [0.5, 0.6) is 0 Å². The smallest absolute Gasteiger partial charge is 0.457 e. The first-order chi connectivity index (χ1) is 9.01. The molecule has 2 heterocycles. The molecule has 0 saturated carbocycles. The van der Waals surface area contributed by atoms with Crippen LogP contribution in [0.3, 0.4) is 0 Å². The largest absolute Gasteiger partial charge is 0.457 e. The van der Waals surface area contributed by atoms with Crippen molar-refractivity contribution in [2.75, 3.05) is 6.61 Å². The Bertz CT molecular complexity index is 361. The van der Waals surface area contributed by atoms with Gasteiger partial charge in [-0.3, -0.25) is 9.59 Å². The van der Waals surface area contributed by atoms with Crippen LogP contribution in [0.4, 0.5) is 0 Å². The van der Waals surface area contributed by atoms with Crippen LogP contribution in [0.2, 0.25) is 6.32 Å². The molecule has 19 heavy (non-hydrogen) atoms. The zero-order chi connectivity index (χ0) is 14.0. The topological polar surface area (TPSA) is 80.3 Å². The van der Waals surface area contributed by atoms with Crippen LogP contribution in [-0.4, -0.2) is 50.3 Å². The lowest BCUT2D eigenvalue weighted by molar-refractivity contribution is -0.277. The van der Waals surface area contributed by atoms with E-state index < -0.39 is 43.7 Å². The maximum Gasteiger partial charge on any atom is 0.457 e. The molecule has 2 fully saturated rings. The normalized spacial score (nSPS) is 33.7. The zero-order valence-corrected chi connectivity index (χ0v) is 11.2. The highest BCUT2D eigenvalue weighted by atomic mass is 16.8. The van der Waals surface area contributed by atoms with Crippen molar-refractivity contribution in [2.45, 2.75) is 51.7 Å². The first kappa shape index (κ1) is 14.3. The average molecular weight is 272 g/mol. The fourth-order valence-corrected chi connectivity index (χ4v) is 2.20. The van der Waals surface area contributed by atoms with Crippen LogP contribution in [0.25, 0.3) is 0 Å². The van der Waals surface area contributed by atoms with E-state index in [4.69, 9.17) is 23.5 Å². The van der Waals surface area contributed by atoms with Crippen molar-refractivity contribution < 1.29 is 33.1 Å². The van der Waals surface area contributed by atoms with Crippen LogP contribution in [-0.2, 0) is 33.1 Å². The minimum Gasteiger partial charge on any atom is -0.457 e. The fourth-order valence-electron chi connectivity index (χ4n) is 2.20. The SMILES string of the molecule is CCB1O[C@H]2[C@H](OC(C)=O)OC[C@@H](O1)[C@H]2OC(C)=O. The van der Waals surface area contributed by atoms with Gasteiger partial charge in [-0.1, -0.05) is 6.92 Å². The van der Waals surface area contributed by atoms with Gasteiger partial charge in [0.2, 0.25) is 6.29 Å². The Morgan fingerprint density at radius 2 is 1.89 bits per heavy atom. The molecule has 0 aromatic carbocycles. The van der Waals surface area contributed by atoms with Gasteiger partial charge in [-0.05, 0) is 6.32 Å². The standard InChI is InChI=1S/C11H17BO7/c1-4-12-18-8-5-15-11(17-7(3)14)10(19-12)9(8)16-6(2)13/h8-11H,4-5H2,1-3H3/t8-,9-,10-,11+/m1/s1. The van der Waals surface area contributed by atoms with Crippen molar-refractivity contribution in [1.29, 1.82) is 0 Å². The van der Waals surface area contributed by atoms with Crippen LogP contribution >= 0.6 is 0 Å². The van der Waals surface area contributed by atoms with Gasteiger partial charge in [0.05, 0.1) is 6.61 Å². The number of carbonyl (C=O) groups is 2. The van der Waals surface area contributed by atoms with Gasteiger partial charge in [-0.2, -0.15) is 0 Å². The molecule has 0 amide bonds. The summed E-state index contributed by atoms with van der Waals surface area (Å²) in [6.07, 6.45) is -1.92. The van der Waals surface area contributed by atoms with E-state index >= 15 is 0 Å². The number of carbonyl (C=O) groups excluding carboxylic acids is 2. The van der Waals surface area contributed by atoms with E-state index in [1.165, 1.54) is 13.8 Å². The van der Waals surface area contributed by atoms with Gasteiger partial charge < -0.3 is 23.5 Å². The summed E-state index contributed by atoms with van der Waals surface area (Å²) in [6.45, 7) is 4.69. The van der Waals surface area contributed by atoms with Crippen molar-refractivity contribution in [3.63, 3.8) is 0 Å². The molecular formula is C11H17BO7. The summed E-state index contributed by atoms with van der Waals surface area (Å²) in [4.78, 5) is 22.2. The van der Waals surface area contributed by atoms with E-state index in [1.807, 2.05) is 6.92 Å². The van der Waals surface area contributed by atoms with E-state index in [0.717, 1.165) is 0 Å². The second kappa shape index (κ2) is 5.89. The molecule has 7 nitrogen and oxygen atoms in total. The lowest BCUT2D eigenvalue weighted by Gasteiger charge is -2.46. The lowest BCUT2D eigenvalue weighted by Crippen LogP contribution is -2.64. The molecule has 8 heteroatoms. The number of hydrogen-bond acceptors (Lipinski definition) is 7. The van der Waals surface area contributed by atoms with Gasteiger partial charge in [-0.15, -0.1) is 0 Å². The molecule has 106 valence electrons. The summed E-state index contributed by atoms with van der Waals surface area (Å²) in [7, 11) is -0.413. The molecule has 2 aliphatic heterocycles. The number of esters is 2. The Hall–Kier alpha value is -1.12. The predicted octanol–water partition coefficient (Wildman–Crippen LogP) is 0.130. The van der Waals surface area contributed by atoms with Gasteiger partial charge in [0.25, 0.3) is 0 Å². The Morgan fingerprint density at radius 1 is 1.21 bits per heavy atom. The molecular weight excluding hydrogens is 255 g/mol. The first-order valence-corrected chi connectivity index (χ1v) is 6.28. The van der Waals surface area contributed by atoms with E-state index in [9.17, 15) is 9.59 Å². The first-order valence-electron chi connectivity index (χ1n) is 6.28. The average Bonchev–Trinajstić information content (AvgIpc) is 2.31. The van der Waals surface area contributed by atoms with Gasteiger partial charge in [-0.25, -0.2) is 0 Å². The second-order valence-corrected chi connectivity index (χ2v) is 4.50. The second-order valence-electron chi connectivity index (χ2n) is 4.50. The molecule has 0 aromatic rings. The molecule has 0 unspecified atom stereocenters. The van der Waals surface area contributed by atoms with Gasteiger partial charge >= 0.3 is 19.1 Å². The zero-order valence-electron chi connectivity index (χ0n) is 11.2. The highest BCUT2D eigenvalue weighted by Crippen LogP contribution is 2.30. The van der Waals surface area contributed by atoms with Crippen LogP contribution < -0.4 is 0 Å². The summed E-state index contributed by atoms with van der Waals surface area (Å²) in [5, 5.41) is 0. The van der Waals surface area contributed by atoms with E-state index in [1.54, 1.807) is 0 Å². The van der Waals surface area contributed by atoms with Crippen LogP contribution in [0.1, 0.15) is 20.8 Å². The molecule has 0 spiro atoms. The monoisotopic (exact) mass is 272 g/mol. The van der Waals surface area contributed by atoms with Gasteiger partial charge in [0, 0.05) is 13.8 Å². The molecule has 4 atom stereocenters. The van der Waals surface area contributed by atoms with Crippen LogP contribution in [0, 0.1) is 0 Å². The minimum atomic E-state index is -0.879. The number of rotatable bonds is 3. The Morgan fingerprint density at radius 3 is 2.47 bits per heavy atom. The van der Waals surface area contributed by atoms with Crippen molar-refractivity contribution in [1.82, 2.24) is 0 Å². The maximum absolute atomic E-state index is 11.1. The summed E-state index contributed by atoms with van der Waals surface area (Å²) >= 11 is 0. The molecule has 0 aliphatic carbocycles. The molecule has 2 rings (SSSR count). The van der Waals surface area contributed by atoms with E-state index in [2.05, 4.69) is 0 Å². The van der Waals surface area contributed by atoms with E-state index in [-0.39, 0.29) is 6.61 Å². The Balaban J connectivity index is 2.13. The van der Waals surface area contributed by atoms with Crippen molar-refractivity contribution in [2.24, 2.45) is 0 Å². The van der Waals surface area contributed by atoms with E-state index in [0.29, 0.717) is 6.32 Å². The third-order valence-corrected chi connectivity index (χ3v) is 2.94. The number of hydrogen-bond donors (Lipinski definition) is 0.